The van der Waals surface area contributed by atoms with Crippen molar-refractivity contribution in [3.05, 3.63) is 51.6 Å². The molecule has 104 valence electrons. The van der Waals surface area contributed by atoms with Crippen LogP contribution in [-0.2, 0) is 19.4 Å². The number of aryl methyl sites for hydroxylation is 1. The van der Waals surface area contributed by atoms with Crippen LogP contribution in [0.15, 0.2) is 29.0 Å². The number of hydrogen-bond acceptors (Lipinski definition) is 3. The highest BCUT2D eigenvalue weighted by Gasteiger charge is 2.15. The first kappa shape index (κ1) is 13.5. The Bertz CT molecular complexity index is 631. The van der Waals surface area contributed by atoms with Gasteiger partial charge in [-0.1, -0.05) is 15.9 Å². The molecule has 5 heteroatoms. The number of fused-ring (bicyclic) bond motifs is 1. The second kappa shape index (κ2) is 5.87. The first-order chi connectivity index (χ1) is 9.74. The van der Waals surface area contributed by atoms with E-state index in [4.69, 9.17) is 0 Å². The van der Waals surface area contributed by atoms with E-state index in [1.165, 1.54) is 24.5 Å². The molecule has 1 N–H and O–H groups in total. The molecule has 0 fully saturated rings. The number of aromatic nitrogens is 2. The number of benzene rings is 1. The molecule has 0 bridgehead atoms. The zero-order valence-corrected chi connectivity index (χ0v) is 12.6. The zero-order valence-electron chi connectivity index (χ0n) is 11.0. The van der Waals surface area contributed by atoms with Gasteiger partial charge in [-0.3, -0.25) is 0 Å². The maximum atomic E-state index is 13.7. The maximum Gasteiger partial charge on any atom is 0.133 e. The lowest BCUT2D eigenvalue weighted by Crippen LogP contribution is -2.12. The van der Waals surface area contributed by atoms with Crippen LogP contribution in [0.2, 0.25) is 0 Å². The van der Waals surface area contributed by atoms with Gasteiger partial charge in [-0.05, 0) is 43.9 Å². The van der Waals surface area contributed by atoms with E-state index in [-0.39, 0.29) is 5.82 Å². The van der Waals surface area contributed by atoms with Crippen molar-refractivity contribution in [2.75, 3.05) is 5.32 Å². The van der Waals surface area contributed by atoms with Crippen molar-refractivity contribution < 1.29 is 4.39 Å². The second-order valence-electron chi connectivity index (χ2n) is 4.94. The maximum absolute atomic E-state index is 13.7. The average molecular weight is 336 g/mol. The highest BCUT2D eigenvalue weighted by atomic mass is 79.9. The third-order valence-electron chi connectivity index (χ3n) is 3.58. The number of nitrogens with one attached hydrogen (secondary N) is 1. The molecule has 1 aromatic heterocycles. The quantitative estimate of drug-likeness (QED) is 0.925. The Morgan fingerprint density at radius 1 is 1.20 bits per heavy atom. The van der Waals surface area contributed by atoms with Crippen LogP contribution in [0.25, 0.3) is 0 Å². The summed E-state index contributed by atoms with van der Waals surface area (Å²) < 4.78 is 14.6. The Morgan fingerprint density at radius 3 is 2.95 bits per heavy atom. The van der Waals surface area contributed by atoms with E-state index in [1.807, 2.05) is 0 Å². The Morgan fingerprint density at radius 2 is 2.05 bits per heavy atom. The molecule has 0 spiro atoms. The average Bonchev–Trinajstić information content (AvgIpc) is 2.48. The Kier molecular flexibility index (Phi) is 3.96. The van der Waals surface area contributed by atoms with Crippen molar-refractivity contribution in [1.82, 2.24) is 9.97 Å². The Labute approximate surface area is 125 Å². The smallest absolute Gasteiger partial charge is 0.133 e. The van der Waals surface area contributed by atoms with Gasteiger partial charge >= 0.3 is 0 Å². The molecule has 20 heavy (non-hydrogen) atoms. The molecule has 1 aliphatic rings. The molecule has 2 aromatic rings. The molecule has 3 rings (SSSR count). The number of halogens is 2. The van der Waals surface area contributed by atoms with Crippen LogP contribution in [-0.4, -0.2) is 9.97 Å². The summed E-state index contributed by atoms with van der Waals surface area (Å²) in [5.41, 5.74) is 2.94. The van der Waals surface area contributed by atoms with E-state index < -0.39 is 0 Å². The molecule has 1 heterocycles. The Hall–Kier alpha value is -1.49. The monoisotopic (exact) mass is 335 g/mol. The molecule has 0 unspecified atom stereocenters. The van der Waals surface area contributed by atoms with Gasteiger partial charge in [-0.15, -0.1) is 0 Å². The van der Waals surface area contributed by atoms with E-state index in [0.29, 0.717) is 12.1 Å². The van der Waals surface area contributed by atoms with Gasteiger partial charge in [0.25, 0.3) is 0 Å². The summed E-state index contributed by atoms with van der Waals surface area (Å²) in [6.07, 6.45) is 5.95. The molecule has 0 atom stereocenters. The van der Waals surface area contributed by atoms with Crippen LogP contribution >= 0.6 is 15.9 Å². The van der Waals surface area contributed by atoms with E-state index in [9.17, 15) is 4.39 Å². The molecule has 0 aliphatic heterocycles. The minimum atomic E-state index is -0.205. The van der Waals surface area contributed by atoms with Gasteiger partial charge in [0.05, 0.1) is 0 Å². The molecule has 0 saturated carbocycles. The fourth-order valence-electron chi connectivity index (χ4n) is 2.53. The van der Waals surface area contributed by atoms with Gasteiger partial charge in [0.1, 0.15) is 18.0 Å². The lowest BCUT2D eigenvalue weighted by Gasteiger charge is -2.18. The van der Waals surface area contributed by atoms with Crippen molar-refractivity contribution in [1.29, 1.82) is 0 Å². The lowest BCUT2D eigenvalue weighted by molar-refractivity contribution is 0.612. The van der Waals surface area contributed by atoms with E-state index in [2.05, 4.69) is 31.2 Å². The van der Waals surface area contributed by atoms with Gasteiger partial charge in [-0.2, -0.15) is 0 Å². The van der Waals surface area contributed by atoms with Crippen LogP contribution < -0.4 is 5.32 Å². The molecule has 1 aromatic carbocycles. The van der Waals surface area contributed by atoms with Crippen molar-refractivity contribution in [3.8, 4) is 0 Å². The van der Waals surface area contributed by atoms with Crippen LogP contribution in [0.1, 0.15) is 29.7 Å². The predicted molar refractivity (Wildman–Crippen MR) is 80.1 cm³/mol. The third-order valence-corrected chi connectivity index (χ3v) is 4.07. The van der Waals surface area contributed by atoms with Gasteiger partial charge in [0, 0.05) is 27.8 Å². The van der Waals surface area contributed by atoms with Crippen molar-refractivity contribution >= 4 is 21.7 Å². The molecule has 0 saturated heterocycles. The van der Waals surface area contributed by atoms with Crippen LogP contribution in [0.4, 0.5) is 10.2 Å². The minimum absolute atomic E-state index is 0.205. The molecular formula is C15H15BrFN3. The summed E-state index contributed by atoms with van der Waals surface area (Å²) in [5.74, 6) is 0.637. The van der Waals surface area contributed by atoms with Crippen molar-refractivity contribution in [2.24, 2.45) is 0 Å². The number of hydrogen-bond donors (Lipinski definition) is 1. The predicted octanol–water partition coefficient (Wildman–Crippen LogP) is 3.87. The zero-order chi connectivity index (χ0) is 13.9. The third kappa shape index (κ3) is 2.82. The summed E-state index contributed by atoms with van der Waals surface area (Å²) in [6, 6.07) is 4.96. The highest BCUT2D eigenvalue weighted by molar-refractivity contribution is 9.10. The van der Waals surface area contributed by atoms with Gasteiger partial charge in [-0.25, -0.2) is 14.4 Å². The van der Waals surface area contributed by atoms with Gasteiger partial charge < -0.3 is 5.32 Å². The number of anilines is 1. The van der Waals surface area contributed by atoms with Gasteiger partial charge in [0.15, 0.2) is 0 Å². The molecule has 1 aliphatic carbocycles. The number of nitrogens with zero attached hydrogens (tertiary/aromatic N) is 2. The van der Waals surface area contributed by atoms with E-state index in [0.717, 1.165) is 28.8 Å². The van der Waals surface area contributed by atoms with Crippen molar-refractivity contribution in [3.63, 3.8) is 0 Å². The standard InChI is InChI=1S/C15H15BrFN3/c16-11-5-6-13(17)10(7-11)8-18-15-12-3-1-2-4-14(12)19-9-20-15/h5-7,9H,1-4,8H2,(H,18,19,20). The minimum Gasteiger partial charge on any atom is -0.366 e. The van der Waals surface area contributed by atoms with E-state index in [1.54, 1.807) is 18.5 Å². The normalized spacial score (nSPS) is 13.9. The molecule has 3 nitrogen and oxygen atoms in total. The summed E-state index contributed by atoms with van der Waals surface area (Å²) >= 11 is 3.36. The summed E-state index contributed by atoms with van der Waals surface area (Å²) in [5, 5.41) is 3.25. The first-order valence-corrected chi connectivity index (χ1v) is 7.54. The first-order valence-electron chi connectivity index (χ1n) is 6.74. The fourth-order valence-corrected chi connectivity index (χ4v) is 2.94. The second-order valence-corrected chi connectivity index (χ2v) is 5.86. The van der Waals surface area contributed by atoms with Crippen LogP contribution in [0.3, 0.4) is 0 Å². The van der Waals surface area contributed by atoms with Gasteiger partial charge in [0.2, 0.25) is 0 Å². The topological polar surface area (TPSA) is 37.8 Å². The van der Waals surface area contributed by atoms with E-state index >= 15 is 0 Å². The highest BCUT2D eigenvalue weighted by Crippen LogP contribution is 2.25. The molecule has 0 amide bonds. The summed E-state index contributed by atoms with van der Waals surface area (Å²) in [4.78, 5) is 8.64. The lowest BCUT2D eigenvalue weighted by atomic mass is 9.96. The Balaban J connectivity index is 1.80. The van der Waals surface area contributed by atoms with Crippen molar-refractivity contribution in [2.45, 2.75) is 32.2 Å². The number of rotatable bonds is 3. The fraction of sp³-hybridized carbons (Fsp3) is 0.333. The molecular weight excluding hydrogens is 321 g/mol. The largest absolute Gasteiger partial charge is 0.366 e. The SMILES string of the molecule is Fc1ccc(Br)cc1CNc1ncnc2c1CCCC2. The summed E-state index contributed by atoms with van der Waals surface area (Å²) in [6.45, 7) is 0.425. The van der Waals surface area contributed by atoms with Crippen LogP contribution in [0, 0.1) is 5.82 Å². The summed E-state index contributed by atoms with van der Waals surface area (Å²) in [7, 11) is 0. The molecule has 0 radical (unpaired) electrons. The van der Waals surface area contributed by atoms with Crippen LogP contribution in [0.5, 0.6) is 0 Å².